The van der Waals surface area contributed by atoms with E-state index >= 15 is 0 Å². The van der Waals surface area contributed by atoms with Crippen LogP contribution in [0.5, 0.6) is 0 Å². The Morgan fingerprint density at radius 3 is 2.47 bits per heavy atom. The molecular weight excluding hydrogens is 506 g/mol. The first kappa shape index (κ1) is 23.5. The lowest BCUT2D eigenvalue weighted by atomic mass is 9.86. The van der Waals surface area contributed by atoms with Gasteiger partial charge < -0.3 is 24.6 Å². The van der Waals surface area contributed by atoms with Gasteiger partial charge in [-0.2, -0.15) is 0 Å². The third kappa shape index (κ3) is 4.06. The van der Waals surface area contributed by atoms with Crippen LogP contribution in [-0.2, 0) is 14.3 Å². The lowest BCUT2D eigenvalue weighted by molar-refractivity contribution is -0.136. The average molecular weight is 524 g/mol. The van der Waals surface area contributed by atoms with Gasteiger partial charge in [-0.05, 0) is 48.5 Å². The number of benzene rings is 1. The Morgan fingerprint density at radius 1 is 1.11 bits per heavy atom. The zero-order chi connectivity index (χ0) is 25.4. The number of methoxy groups -OCH3 is 1. The van der Waals surface area contributed by atoms with Gasteiger partial charge >= 0.3 is 5.97 Å². The molecule has 0 spiro atoms. The summed E-state index contributed by atoms with van der Waals surface area (Å²) >= 11 is 7.01. The number of carbonyl (C=O) groups excluding carboxylic acids is 2. The van der Waals surface area contributed by atoms with E-state index in [0.717, 1.165) is 15.9 Å². The van der Waals surface area contributed by atoms with Crippen LogP contribution < -0.4 is 25.8 Å². The number of carbonyl (C=O) groups is 2. The molecule has 1 aromatic carbocycles. The van der Waals surface area contributed by atoms with E-state index in [9.17, 15) is 14.4 Å². The van der Waals surface area contributed by atoms with E-state index in [1.807, 2.05) is 0 Å². The number of amides is 1. The Hall–Kier alpha value is -4.28. The topological polar surface area (TPSA) is 130 Å². The molecule has 11 heteroatoms. The summed E-state index contributed by atoms with van der Waals surface area (Å²) in [5, 5.41) is 3.31. The van der Waals surface area contributed by atoms with E-state index in [2.05, 4.69) is 5.32 Å². The number of rotatable bonds is 5. The zero-order valence-corrected chi connectivity index (χ0v) is 20.3. The molecule has 1 atom stereocenters. The molecule has 3 N–H and O–H groups in total. The summed E-state index contributed by atoms with van der Waals surface area (Å²) in [7, 11) is 1.19. The molecule has 3 aromatic heterocycles. The molecule has 1 aliphatic rings. The summed E-state index contributed by atoms with van der Waals surface area (Å²) < 4.78 is 17.6. The quantitative estimate of drug-likeness (QED) is 0.384. The van der Waals surface area contributed by atoms with Crippen LogP contribution in [0.3, 0.4) is 0 Å². The van der Waals surface area contributed by atoms with Crippen molar-refractivity contribution in [3.05, 3.63) is 103 Å². The van der Waals surface area contributed by atoms with Crippen LogP contribution in [0.15, 0.2) is 80.3 Å². The summed E-state index contributed by atoms with van der Waals surface area (Å²) in [5.41, 5.74) is 6.34. The van der Waals surface area contributed by atoms with E-state index in [1.165, 1.54) is 19.6 Å². The average Bonchev–Trinajstić information content (AvgIpc) is 3.63. The number of nitrogens with zero attached hydrogens (tertiary/aromatic N) is 1. The van der Waals surface area contributed by atoms with Crippen LogP contribution in [0, 0.1) is 0 Å². The largest absolute Gasteiger partial charge is 0.468 e. The predicted molar refractivity (Wildman–Crippen MR) is 134 cm³/mol. The molecule has 0 bridgehead atoms. The molecule has 1 unspecified atom stereocenters. The van der Waals surface area contributed by atoms with E-state index in [0.29, 0.717) is 16.5 Å². The van der Waals surface area contributed by atoms with Crippen molar-refractivity contribution in [2.45, 2.75) is 5.92 Å². The van der Waals surface area contributed by atoms with Crippen LogP contribution in [0.2, 0.25) is 5.02 Å². The van der Waals surface area contributed by atoms with E-state index in [4.69, 9.17) is 30.9 Å². The van der Waals surface area contributed by atoms with Crippen molar-refractivity contribution in [1.29, 1.82) is 0 Å². The van der Waals surface area contributed by atoms with Crippen LogP contribution in [0.4, 0.5) is 5.69 Å². The first-order chi connectivity index (χ1) is 17.4. The van der Waals surface area contributed by atoms with Crippen molar-refractivity contribution in [1.82, 2.24) is 4.57 Å². The number of thiazole rings is 1. The minimum Gasteiger partial charge on any atom is -0.468 e. The third-order valence-electron chi connectivity index (χ3n) is 5.54. The molecule has 4 heterocycles. The van der Waals surface area contributed by atoms with Crippen molar-refractivity contribution in [3.8, 4) is 0 Å². The number of anilines is 1. The van der Waals surface area contributed by atoms with E-state index in [1.54, 1.807) is 54.6 Å². The molecule has 1 amide bonds. The summed E-state index contributed by atoms with van der Waals surface area (Å²) in [6.45, 7) is 0. The van der Waals surface area contributed by atoms with Gasteiger partial charge in [-0.3, -0.25) is 14.2 Å². The van der Waals surface area contributed by atoms with Gasteiger partial charge in [-0.1, -0.05) is 11.6 Å². The number of hydrogen-bond acceptors (Lipinski definition) is 8. The molecule has 4 aromatic rings. The Bertz CT molecular complexity index is 1660. The highest BCUT2D eigenvalue weighted by atomic mass is 35.5. The third-order valence-corrected chi connectivity index (χ3v) is 6.90. The Labute approximate surface area is 212 Å². The predicted octanol–water partition coefficient (Wildman–Crippen LogP) is 2.47. The first-order valence-electron chi connectivity index (χ1n) is 10.6. The van der Waals surface area contributed by atoms with Gasteiger partial charge in [0.05, 0.1) is 41.2 Å². The number of ether oxygens (including phenoxy) is 1. The fourth-order valence-corrected chi connectivity index (χ4v) is 5.23. The Balaban J connectivity index is 1.81. The normalized spacial score (nSPS) is 15.7. The second-order valence-electron chi connectivity index (χ2n) is 7.69. The van der Waals surface area contributed by atoms with Gasteiger partial charge in [-0.15, -0.1) is 11.3 Å². The molecule has 182 valence electrons. The van der Waals surface area contributed by atoms with Gasteiger partial charge in [0.15, 0.2) is 0 Å². The highest BCUT2D eigenvalue weighted by Gasteiger charge is 2.40. The zero-order valence-electron chi connectivity index (χ0n) is 18.7. The Kier molecular flexibility index (Phi) is 6.13. The molecule has 0 saturated carbocycles. The molecule has 5 rings (SSSR count). The maximum atomic E-state index is 13.7. The summed E-state index contributed by atoms with van der Waals surface area (Å²) in [6.07, 6.45) is 4.44. The molecule has 1 aliphatic heterocycles. The van der Waals surface area contributed by atoms with Gasteiger partial charge in [0.1, 0.15) is 22.0 Å². The SMILES string of the molecule is COC(=O)C1=C(N)n2c(s/c(=C/c3ccco3)c2=O)=C(C(=O)Nc2ccc(Cl)cc2)C1c1ccco1. The van der Waals surface area contributed by atoms with Crippen LogP contribution in [0.1, 0.15) is 17.4 Å². The number of fused-ring (bicyclic) bond motifs is 1. The molecule has 0 aliphatic carbocycles. The number of nitrogens with two attached hydrogens (primary N) is 1. The minimum absolute atomic E-state index is 0.0920. The molecular formula is C25H18ClN3O6S. The van der Waals surface area contributed by atoms with E-state index < -0.39 is 23.4 Å². The van der Waals surface area contributed by atoms with Crippen molar-refractivity contribution in [3.63, 3.8) is 0 Å². The summed E-state index contributed by atoms with van der Waals surface area (Å²) in [4.78, 5) is 40.1. The smallest absolute Gasteiger partial charge is 0.338 e. The van der Waals surface area contributed by atoms with Crippen molar-refractivity contribution in [2.24, 2.45) is 5.73 Å². The molecule has 0 radical (unpaired) electrons. The summed E-state index contributed by atoms with van der Waals surface area (Å²) in [5.74, 6) is -1.82. The van der Waals surface area contributed by atoms with Crippen molar-refractivity contribution < 1.29 is 23.2 Å². The van der Waals surface area contributed by atoms with Crippen molar-refractivity contribution in [2.75, 3.05) is 12.4 Å². The fourth-order valence-electron chi connectivity index (χ4n) is 3.95. The fraction of sp³-hybridized carbons (Fsp3) is 0.0800. The first-order valence-corrected chi connectivity index (χ1v) is 11.8. The monoisotopic (exact) mass is 523 g/mol. The number of esters is 1. The number of hydrogen-bond donors (Lipinski definition) is 2. The molecule has 36 heavy (non-hydrogen) atoms. The lowest BCUT2D eigenvalue weighted by Crippen LogP contribution is -2.42. The maximum Gasteiger partial charge on any atom is 0.338 e. The van der Waals surface area contributed by atoms with Crippen molar-refractivity contribution >= 4 is 58.0 Å². The van der Waals surface area contributed by atoms with Gasteiger partial charge in [-0.25, -0.2) is 4.79 Å². The minimum atomic E-state index is -1.03. The second-order valence-corrected chi connectivity index (χ2v) is 9.15. The number of aromatic nitrogens is 1. The Morgan fingerprint density at radius 2 is 1.83 bits per heavy atom. The molecule has 0 saturated heterocycles. The summed E-state index contributed by atoms with van der Waals surface area (Å²) in [6, 6.07) is 13.1. The van der Waals surface area contributed by atoms with E-state index in [-0.39, 0.29) is 31.9 Å². The number of nitrogens with one attached hydrogen (secondary N) is 1. The van der Waals surface area contributed by atoms with Crippen LogP contribution >= 0.6 is 22.9 Å². The van der Waals surface area contributed by atoms with Crippen LogP contribution in [0.25, 0.3) is 17.5 Å². The van der Waals surface area contributed by atoms with Gasteiger partial charge in [0.25, 0.3) is 11.5 Å². The standard InChI is InChI=1S/C25H18ClN3O6S/c1-33-25(32)19-18(16-5-3-11-35-16)20(22(30)28-14-8-6-13(26)7-9-14)24-29(21(19)27)23(31)17(36-24)12-15-4-2-10-34-15/h2-12,18H,27H2,1H3,(H,28,30)/b17-12+. The van der Waals surface area contributed by atoms with Crippen LogP contribution in [-0.4, -0.2) is 23.6 Å². The lowest BCUT2D eigenvalue weighted by Gasteiger charge is -2.25. The van der Waals surface area contributed by atoms with Gasteiger partial charge in [0, 0.05) is 16.8 Å². The number of halogens is 1. The number of furan rings is 2. The van der Waals surface area contributed by atoms with Gasteiger partial charge in [0.2, 0.25) is 0 Å². The maximum absolute atomic E-state index is 13.7. The highest BCUT2D eigenvalue weighted by molar-refractivity contribution is 7.07. The second kappa shape index (κ2) is 9.40. The molecule has 9 nitrogen and oxygen atoms in total. The highest BCUT2D eigenvalue weighted by Crippen LogP contribution is 2.37. The molecule has 0 fully saturated rings.